The Morgan fingerprint density at radius 1 is 0.782 bits per heavy atom. The first kappa shape index (κ1) is 44.3. The number of amides is 6. The van der Waals surface area contributed by atoms with Gasteiger partial charge in [0.2, 0.25) is 35.4 Å². The minimum absolute atomic E-state index is 0.0214. The average Bonchev–Trinajstić information content (AvgIpc) is 3.58. The van der Waals surface area contributed by atoms with Crippen molar-refractivity contribution >= 4 is 76.7 Å². The summed E-state index contributed by atoms with van der Waals surface area (Å²) in [5.74, 6) is -5.65. The standard InChI is InChI=1S/C36H48N8O9S2/c1-20(40-32(48)24(37)15-22-16-38-25-11-7-6-10-23(22)25)31(47)44-29(19-54)33(49)39-17-30(46)41-28(18-45)35(51)43-27(14-21-8-4-3-5-9-21)34(50)42-26(36(52)53)12-13-55-2/h3-11,16,20,24,26-29,38,45,54H,12-15,17-19,37H2,1-2H3,(H,39,49)(H,40,48)(H,41,46)(H,42,50)(H,43,51)(H,44,47)(H,52,53)/t20-,24-,26-,27-,28-,29-/m0/s1. The Kier molecular flexibility index (Phi) is 18.0. The van der Waals surface area contributed by atoms with Gasteiger partial charge in [0.15, 0.2) is 0 Å². The minimum Gasteiger partial charge on any atom is -0.480 e. The van der Waals surface area contributed by atoms with Gasteiger partial charge in [-0.05, 0) is 49.0 Å². The van der Waals surface area contributed by atoms with Crippen molar-refractivity contribution in [2.24, 2.45) is 5.73 Å². The van der Waals surface area contributed by atoms with Gasteiger partial charge >= 0.3 is 5.97 Å². The summed E-state index contributed by atoms with van der Waals surface area (Å²) in [6.45, 7) is -0.126. The predicted molar refractivity (Wildman–Crippen MR) is 210 cm³/mol. The van der Waals surface area contributed by atoms with Gasteiger partial charge in [-0.2, -0.15) is 24.4 Å². The van der Waals surface area contributed by atoms with Crippen molar-refractivity contribution in [1.82, 2.24) is 36.9 Å². The highest BCUT2D eigenvalue weighted by molar-refractivity contribution is 7.98. The third-order valence-electron chi connectivity index (χ3n) is 8.42. The molecule has 17 nitrogen and oxygen atoms in total. The molecule has 55 heavy (non-hydrogen) atoms. The van der Waals surface area contributed by atoms with E-state index in [1.807, 2.05) is 24.3 Å². The maximum absolute atomic E-state index is 13.2. The van der Waals surface area contributed by atoms with Crippen LogP contribution >= 0.6 is 24.4 Å². The number of carbonyl (C=O) groups excluding carboxylic acids is 6. The van der Waals surface area contributed by atoms with E-state index in [4.69, 9.17) is 5.73 Å². The highest BCUT2D eigenvalue weighted by Gasteiger charge is 2.30. The molecule has 0 radical (unpaired) electrons. The Labute approximate surface area is 327 Å². The monoisotopic (exact) mass is 800 g/mol. The molecule has 6 amide bonds. The summed E-state index contributed by atoms with van der Waals surface area (Å²) in [5, 5.41) is 34.9. The molecule has 0 aliphatic heterocycles. The van der Waals surface area contributed by atoms with Crippen molar-refractivity contribution in [3.63, 3.8) is 0 Å². The number of benzene rings is 2. The number of carbonyl (C=O) groups is 7. The summed E-state index contributed by atoms with van der Waals surface area (Å²) in [7, 11) is 0. The van der Waals surface area contributed by atoms with Crippen molar-refractivity contribution in [2.45, 2.75) is 62.4 Å². The van der Waals surface area contributed by atoms with Gasteiger partial charge in [-0.15, -0.1) is 0 Å². The van der Waals surface area contributed by atoms with Crippen LogP contribution in [0.1, 0.15) is 24.5 Å². The third-order valence-corrected chi connectivity index (χ3v) is 9.43. The molecule has 0 aliphatic rings. The normalized spacial score (nSPS) is 14.3. The molecule has 3 aromatic rings. The number of aliphatic hydroxyl groups is 1. The number of thioether (sulfide) groups is 1. The first-order valence-electron chi connectivity index (χ1n) is 17.3. The largest absolute Gasteiger partial charge is 0.480 e. The van der Waals surface area contributed by atoms with Crippen LogP contribution in [-0.2, 0) is 46.4 Å². The van der Waals surface area contributed by atoms with Gasteiger partial charge < -0.3 is 52.8 Å². The molecule has 11 N–H and O–H groups in total. The number of nitrogens with one attached hydrogen (secondary N) is 7. The molecule has 1 heterocycles. The first-order valence-corrected chi connectivity index (χ1v) is 19.4. The fraction of sp³-hybridized carbons (Fsp3) is 0.417. The number of carboxylic acid groups (broad SMARTS) is 1. The van der Waals surface area contributed by atoms with Gasteiger partial charge in [0.05, 0.1) is 19.2 Å². The van der Waals surface area contributed by atoms with Crippen molar-refractivity contribution in [1.29, 1.82) is 0 Å². The van der Waals surface area contributed by atoms with Crippen molar-refractivity contribution in [3.05, 3.63) is 71.9 Å². The van der Waals surface area contributed by atoms with E-state index < -0.39 is 90.8 Å². The van der Waals surface area contributed by atoms with E-state index in [9.17, 15) is 43.8 Å². The van der Waals surface area contributed by atoms with E-state index >= 15 is 0 Å². The molecular weight excluding hydrogens is 753 g/mol. The van der Waals surface area contributed by atoms with Crippen LogP contribution in [0, 0.1) is 0 Å². The molecule has 19 heteroatoms. The van der Waals surface area contributed by atoms with E-state index in [1.54, 1.807) is 42.8 Å². The number of para-hydroxylation sites is 1. The molecule has 1 aromatic heterocycles. The number of rotatable bonds is 22. The van der Waals surface area contributed by atoms with Crippen LogP contribution in [-0.4, -0.2) is 124 Å². The minimum atomic E-state index is -1.55. The van der Waals surface area contributed by atoms with Crippen molar-refractivity contribution < 1.29 is 43.8 Å². The number of carboxylic acids is 1. The number of hydrogen-bond acceptors (Lipinski definition) is 11. The summed E-state index contributed by atoms with van der Waals surface area (Å²) in [6.07, 6.45) is 3.89. The van der Waals surface area contributed by atoms with Gasteiger partial charge in [0, 0.05) is 29.3 Å². The van der Waals surface area contributed by atoms with Crippen LogP contribution in [0.2, 0.25) is 0 Å². The molecule has 298 valence electrons. The molecular formula is C36H48N8O9S2. The lowest BCUT2D eigenvalue weighted by atomic mass is 10.0. The molecule has 0 saturated carbocycles. The van der Waals surface area contributed by atoms with Gasteiger partial charge in [-0.3, -0.25) is 28.8 Å². The predicted octanol–water partition coefficient (Wildman–Crippen LogP) is -1.40. The van der Waals surface area contributed by atoms with Crippen molar-refractivity contribution in [2.75, 3.05) is 30.9 Å². The number of fused-ring (bicyclic) bond motifs is 1. The topological polar surface area (TPSA) is 274 Å². The highest BCUT2D eigenvalue weighted by atomic mass is 32.2. The number of aromatic amines is 1. The molecule has 0 saturated heterocycles. The SMILES string of the molecule is CSCC[C@H](NC(=O)[C@H](Cc1ccccc1)NC(=O)[C@H](CO)NC(=O)CNC(=O)[C@H](CS)NC(=O)[C@H](C)NC(=O)[C@@H](N)Cc1c[nH]c2ccccc12)C(=O)O. The van der Waals surface area contributed by atoms with E-state index in [1.165, 1.54) is 18.7 Å². The summed E-state index contributed by atoms with van der Waals surface area (Å²) in [4.78, 5) is 92.4. The number of aromatic nitrogens is 1. The van der Waals surface area contributed by atoms with Gasteiger partial charge in [0.1, 0.15) is 30.2 Å². The Balaban J connectivity index is 1.52. The van der Waals surface area contributed by atoms with Crippen LogP contribution in [0.15, 0.2) is 60.8 Å². The van der Waals surface area contributed by atoms with Gasteiger partial charge in [-0.25, -0.2) is 4.79 Å². The van der Waals surface area contributed by atoms with E-state index in [0.29, 0.717) is 11.3 Å². The maximum Gasteiger partial charge on any atom is 0.326 e. The average molecular weight is 801 g/mol. The zero-order chi connectivity index (χ0) is 40.5. The summed E-state index contributed by atoms with van der Waals surface area (Å²) in [5.41, 5.74) is 8.49. The number of thiol groups is 1. The number of aliphatic carboxylic acids is 1. The first-order chi connectivity index (χ1) is 26.3. The molecule has 0 aliphatic carbocycles. The zero-order valence-electron chi connectivity index (χ0n) is 30.4. The lowest BCUT2D eigenvalue weighted by Gasteiger charge is -2.24. The molecule has 0 fully saturated rings. The van der Waals surface area contributed by atoms with Crippen LogP contribution in [0.5, 0.6) is 0 Å². The molecule has 0 bridgehead atoms. The van der Waals surface area contributed by atoms with Crippen LogP contribution in [0.4, 0.5) is 0 Å². The Morgan fingerprint density at radius 2 is 1.42 bits per heavy atom. The lowest BCUT2D eigenvalue weighted by molar-refractivity contribution is -0.142. The quantitative estimate of drug-likeness (QED) is 0.0526. The Hall–Kier alpha value is -5.11. The van der Waals surface area contributed by atoms with E-state index in [2.05, 4.69) is 49.5 Å². The van der Waals surface area contributed by atoms with E-state index in [0.717, 1.165) is 16.5 Å². The fourth-order valence-corrected chi connectivity index (χ4v) is 6.06. The molecule has 3 rings (SSSR count). The summed E-state index contributed by atoms with van der Waals surface area (Å²) in [6, 6.07) is 8.88. The Morgan fingerprint density at radius 3 is 2.07 bits per heavy atom. The van der Waals surface area contributed by atoms with Gasteiger partial charge in [0.25, 0.3) is 0 Å². The van der Waals surface area contributed by atoms with Crippen LogP contribution in [0.3, 0.4) is 0 Å². The number of aliphatic hydroxyl groups excluding tert-OH is 1. The third kappa shape index (κ3) is 13.9. The second kappa shape index (κ2) is 22.3. The maximum atomic E-state index is 13.2. The van der Waals surface area contributed by atoms with Crippen LogP contribution < -0.4 is 37.6 Å². The number of H-pyrrole nitrogens is 1. The summed E-state index contributed by atoms with van der Waals surface area (Å²) < 4.78 is 0. The molecule has 0 spiro atoms. The second-order valence-corrected chi connectivity index (χ2v) is 13.9. The molecule has 6 atom stereocenters. The number of hydrogen-bond donors (Lipinski definition) is 11. The second-order valence-electron chi connectivity index (χ2n) is 12.6. The lowest BCUT2D eigenvalue weighted by Crippen LogP contribution is -2.58. The van der Waals surface area contributed by atoms with E-state index in [-0.39, 0.29) is 25.0 Å². The summed E-state index contributed by atoms with van der Waals surface area (Å²) >= 11 is 5.52. The highest BCUT2D eigenvalue weighted by Crippen LogP contribution is 2.19. The van der Waals surface area contributed by atoms with Crippen LogP contribution in [0.25, 0.3) is 10.9 Å². The van der Waals surface area contributed by atoms with Crippen molar-refractivity contribution in [3.8, 4) is 0 Å². The Bertz CT molecular complexity index is 1790. The number of nitrogens with two attached hydrogens (primary N) is 1. The molecule has 0 unspecified atom stereocenters. The zero-order valence-corrected chi connectivity index (χ0v) is 32.1. The molecule has 2 aromatic carbocycles. The fourth-order valence-electron chi connectivity index (χ4n) is 5.33. The smallest absolute Gasteiger partial charge is 0.326 e. The van der Waals surface area contributed by atoms with Gasteiger partial charge in [-0.1, -0.05) is 48.5 Å².